The summed E-state index contributed by atoms with van der Waals surface area (Å²) in [6, 6.07) is 3.66. The van der Waals surface area contributed by atoms with E-state index in [1.54, 1.807) is 0 Å². The number of hydrogen-bond acceptors (Lipinski definition) is 6. The number of rotatable bonds is 9. The fourth-order valence-corrected chi connectivity index (χ4v) is 1.65. The van der Waals surface area contributed by atoms with Crippen molar-refractivity contribution in [1.82, 2.24) is 5.32 Å². The van der Waals surface area contributed by atoms with Gasteiger partial charge in [0.1, 0.15) is 0 Å². The minimum atomic E-state index is -0.647. The molecule has 110 valence electrons. The summed E-state index contributed by atoms with van der Waals surface area (Å²) in [6.07, 6.45) is 0.800. The number of nitrogens with one attached hydrogen (secondary N) is 1. The average Bonchev–Trinajstić information content (AvgIpc) is 2.42. The lowest BCUT2D eigenvalue weighted by Crippen LogP contribution is -2.17. The molecule has 8 heteroatoms. The Balaban J connectivity index is 2.60. The van der Waals surface area contributed by atoms with Crippen LogP contribution in [0.2, 0.25) is 0 Å². The van der Waals surface area contributed by atoms with Crippen molar-refractivity contribution < 1.29 is 14.6 Å². The van der Waals surface area contributed by atoms with E-state index in [1.165, 1.54) is 12.1 Å². The zero-order chi connectivity index (χ0) is 15.0. The van der Waals surface area contributed by atoms with Crippen molar-refractivity contribution in [2.45, 2.75) is 19.9 Å². The maximum absolute atomic E-state index is 10.9. The number of nitro benzene ring substituents is 2. The summed E-state index contributed by atoms with van der Waals surface area (Å²) in [5.74, 6) is 0. The first-order chi connectivity index (χ1) is 9.56. The molecule has 0 spiro atoms. The van der Waals surface area contributed by atoms with Gasteiger partial charge in [-0.05, 0) is 26.0 Å². The van der Waals surface area contributed by atoms with Crippen molar-refractivity contribution in [3.05, 3.63) is 44.0 Å². The molecule has 0 saturated heterocycles. The third-order valence-corrected chi connectivity index (χ3v) is 2.64. The van der Waals surface area contributed by atoms with E-state index in [0.29, 0.717) is 31.9 Å². The number of non-ortho nitro benzene ring substituents is 1. The van der Waals surface area contributed by atoms with Crippen molar-refractivity contribution in [2.24, 2.45) is 0 Å². The predicted octanol–water partition coefficient (Wildman–Crippen LogP) is 2.02. The van der Waals surface area contributed by atoms with E-state index < -0.39 is 9.85 Å². The lowest BCUT2D eigenvalue weighted by Gasteiger charge is -2.06. The smallest absolute Gasteiger partial charge is 0.280 e. The molecule has 1 aromatic rings. The summed E-state index contributed by atoms with van der Waals surface area (Å²) < 4.78 is 5.17. The summed E-state index contributed by atoms with van der Waals surface area (Å²) in [6.45, 7) is 4.15. The number of ether oxygens (including phenoxy) is 1. The van der Waals surface area contributed by atoms with Crippen LogP contribution in [0.4, 0.5) is 11.4 Å². The zero-order valence-corrected chi connectivity index (χ0v) is 11.2. The van der Waals surface area contributed by atoms with E-state index in [0.717, 1.165) is 12.5 Å². The van der Waals surface area contributed by atoms with E-state index in [1.807, 2.05) is 6.92 Å². The first-order valence-corrected chi connectivity index (χ1v) is 6.26. The van der Waals surface area contributed by atoms with Crippen LogP contribution in [-0.4, -0.2) is 29.6 Å². The molecule has 8 nitrogen and oxygen atoms in total. The molecule has 1 rings (SSSR count). The third kappa shape index (κ3) is 4.90. The largest absolute Gasteiger partial charge is 0.382 e. The van der Waals surface area contributed by atoms with Gasteiger partial charge < -0.3 is 10.1 Å². The van der Waals surface area contributed by atoms with Crippen molar-refractivity contribution in [3.63, 3.8) is 0 Å². The topological polar surface area (TPSA) is 108 Å². The van der Waals surface area contributed by atoms with Gasteiger partial charge >= 0.3 is 0 Å². The predicted molar refractivity (Wildman–Crippen MR) is 72.6 cm³/mol. The molecule has 1 N–H and O–H groups in total. The van der Waals surface area contributed by atoms with Gasteiger partial charge in [0, 0.05) is 31.4 Å². The molecule has 0 radical (unpaired) electrons. The molecule has 0 aromatic heterocycles. The normalized spacial score (nSPS) is 10.4. The molecule has 0 bridgehead atoms. The van der Waals surface area contributed by atoms with Crippen LogP contribution in [0.5, 0.6) is 0 Å². The van der Waals surface area contributed by atoms with Crippen LogP contribution in [0.3, 0.4) is 0 Å². The standard InChI is InChI=1S/C12H17N3O5/c1-2-20-7-3-6-13-9-10-4-5-11(14(16)17)8-12(10)15(18)19/h4-5,8,13H,2-3,6-7,9H2,1H3. The van der Waals surface area contributed by atoms with E-state index in [9.17, 15) is 20.2 Å². The molecule has 0 aliphatic carbocycles. The minimum Gasteiger partial charge on any atom is -0.382 e. The Labute approximate surface area is 116 Å². The monoisotopic (exact) mass is 283 g/mol. The number of nitrogens with zero attached hydrogens (tertiary/aromatic N) is 2. The molecule has 0 aliphatic heterocycles. The quantitative estimate of drug-likeness (QED) is 0.422. The van der Waals surface area contributed by atoms with Gasteiger partial charge in [0.15, 0.2) is 0 Å². The molecule has 20 heavy (non-hydrogen) atoms. The molecular weight excluding hydrogens is 266 g/mol. The second-order valence-corrected chi connectivity index (χ2v) is 4.05. The van der Waals surface area contributed by atoms with Gasteiger partial charge in [-0.2, -0.15) is 0 Å². The van der Waals surface area contributed by atoms with Crippen LogP contribution in [-0.2, 0) is 11.3 Å². The van der Waals surface area contributed by atoms with Crippen LogP contribution in [0.15, 0.2) is 18.2 Å². The maximum Gasteiger partial charge on any atom is 0.280 e. The molecule has 0 atom stereocenters. The Morgan fingerprint density at radius 1 is 1.25 bits per heavy atom. The fraction of sp³-hybridized carbons (Fsp3) is 0.500. The molecule has 0 amide bonds. The Kier molecular flexibility index (Phi) is 6.54. The first-order valence-electron chi connectivity index (χ1n) is 6.26. The Hall–Kier alpha value is -2.06. The number of nitro groups is 2. The maximum atomic E-state index is 10.9. The summed E-state index contributed by atoms with van der Waals surface area (Å²) in [4.78, 5) is 20.3. The fourth-order valence-electron chi connectivity index (χ4n) is 1.65. The van der Waals surface area contributed by atoms with Crippen LogP contribution < -0.4 is 5.32 Å². The summed E-state index contributed by atoms with van der Waals surface area (Å²) >= 11 is 0. The van der Waals surface area contributed by atoms with Gasteiger partial charge in [-0.3, -0.25) is 20.2 Å². The number of hydrogen-bond donors (Lipinski definition) is 1. The highest BCUT2D eigenvalue weighted by atomic mass is 16.6. The molecule has 0 fully saturated rings. The lowest BCUT2D eigenvalue weighted by molar-refractivity contribution is -0.394. The van der Waals surface area contributed by atoms with E-state index >= 15 is 0 Å². The second kappa shape index (κ2) is 8.18. The highest BCUT2D eigenvalue weighted by Crippen LogP contribution is 2.24. The minimum absolute atomic E-state index is 0.239. The Morgan fingerprint density at radius 2 is 2.00 bits per heavy atom. The van der Waals surface area contributed by atoms with Gasteiger partial charge in [0.05, 0.1) is 15.9 Å². The van der Waals surface area contributed by atoms with Crippen molar-refractivity contribution >= 4 is 11.4 Å². The van der Waals surface area contributed by atoms with Crippen molar-refractivity contribution in [2.75, 3.05) is 19.8 Å². The average molecular weight is 283 g/mol. The van der Waals surface area contributed by atoms with Gasteiger partial charge in [-0.25, -0.2) is 0 Å². The van der Waals surface area contributed by atoms with Crippen molar-refractivity contribution in [3.8, 4) is 0 Å². The van der Waals surface area contributed by atoms with Gasteiger partial charge in [-0.1, -0.05) is 0 Å². The zero-order valence-electron chi connectivity index (χ0n) is 11.2. The van der Waals surface area contributed by atoms with E-state index in [-0.39, 0.29) is 11.4 Å². The van der Waals surface area contributed by atoms with Gasteiger partial charge in [-0.15, -0.1) is 0 Å². The molecule has 0 aliphatic rings. The highest BCUT2D eigenvalue weighted by Gasteiger charge is 2.18. The van der Waals surface area contributed by atoms with Gasteiger partial charge in [0.2, 0.25) is 0 Å². The SMILES string of the molecule is CCOCCCNCc1ccc([N+](=O)[O-])cc1[N+](=O)[O-]. The van der Waals surface area contributed by atoms with Crippen LogP contribution in [0, 0.1) is 20.2 Å². The van der Waals surface area contributed by atoms with Crippen molar-refractivity contribution in [1.29, 1.82) is 0 Å². The number of benzene rings is 1. The highest BCUT2D eigenvalue weighted by molar-refractivity contribution is 5.49. The van der Waals surface area contributed by atoms with Crippen LogP contribution in [0.25, 0.3) is 0 Å². The molecular formula is C12H17N3O5. The summed E-state index contributed by atoms with van der Waals surface area (Å²) in [7, 11) is 0. The van der Waals surface area contributed by atoms with E-state index in [2.05, 4.69) is 5.32 Å². The molecule has 1 aromatic carbocycles. The van der Waals surface area contributed by atoms with Crippen LogP contribution in [0.1, 0.15) is 18.9 Å². The first kappa shape index (κ1) is 16.0. The van der Waals surface area contributed by atoms with E-state index in [4.69, 9.17) is 4.74 Å². The second-order valence-electron chi connectivity index (χ2n) is 4.05. The summed E-state index contributed by atoms with van der Waals surface area (Å²) in [5, 5.41) is 24.6. The Morgan fingerprint density at radius 3 is 2.60 bits per heavy atom. The molecule has 0 heterocycles. The molecule has 0 unspecified atom stereocenters. The van der Waals surface area contributed by atoms with Gasteiger partial charge in [0.25, 0.3) is 11.4 Å². The third-order valence-electron chi connectivity index (χ3n) is 2.64. The molecule has 0 saturated carbocycles. The Bertz CT molecular complexity index is 478. The summed E-state index contributed by atoms with van der Waals surface area (Å²) in [5.41, 5.74) is -0.0923. The lowest BCUT2D eigenvalue weighted by atomic mass is 10.1. The van der Waals surface area contributed by atoms with Crippen LogP contribution >= 0.6 is 0 Å².